The van der Waals surface area contributed by atoms with E-state index >= 15 is 0 Å². The van der Waals surface area contributed by atoms with Crippen LogP contribution in [-0.2, 0) is 21.1 Å². The molecule has 10 heteroatoms. The van der Waals surface area contributed by atoms with Gasteiger partial charge in [0.2, 0.25) is 0 Å². The lowest BCUT2D eigenvalue weighted by Crippen LogP contribution is -2.21. The minimum absolute atomic E-state index is 0. The zero-order valence-electron chi connectivity index (χ0n) is 19.9. The monoisotopic (exact) mass is 512 g/mol. The number of halogens is 1. The number of nitrogens with zero attached hydrogens (tertiary/aromatic N) is 3. The Bertz CT molecular complexity index is 1510. The molecule has 0 saturated carbocycles. The SMILES string of the molecule is CNCc1ccc(-c2cc(-c3nc(-c4ccc(S(=O)(=O)C5CCOC5)cc4)cnc3C)on2)c(F)c1.[HH].[HH]. The Kier molecular flexibility index (Phi) is 6.65. The van der Waals surface area contributed by atoms with Crippen LogP contribution in [0.15, 0.2) is 64.1 Å². The standard InChI is InChI=1S/C26H25FN4O4S.2H2/c1-16-26(25-12-23(31-35-25)21-8-3-17(13-28-2)11-22(21)27)30-24(14-29-16)18-4-6-19(7-5-18)36(32,33)20-9-10-34-15-20;;/h3-8,11-12,14,20,28H,9-10,13,15H2,1-2H3;2*1H. The van der Waals surface area contributed by atoms with Crippen molar-refractivity contribution in [1.82, 2.24) is 20.4 Å². The maximum Gasteiger partial charge on any atom is 0.187 e. The lowest BCUT2D eigenvalue weighted by molar-refractivity contribution is 0.198. The van der Waals surface area contributed by atoms with Crippen molar-refractivity contribution in [3.63, 3.8) is 0 Å². The molecule has 1 atom stereocenters. The molecule has 1 N–H and O–H groups in total. The van der Waals surface area contributed by atoms with Crippen molar-refractivity contribution in [1.29, 1.82) is 0 Å². The van der Waals surface area contributed by atoms with E-state index in [1.54, 1.807) is 56.6 Å². The van der Waals surface area contributed by atoms with E-state index in [9.17, 15) is 12.8 Å². The van der Waals surface area contributed by atoms with E-state index in [1.807, 2.05) is 6.07 Å². The first-order valence-electron chi connectivity index (χ1n) is 11.5. The molecule has 1 unspecified atom stereocenters. The minimum Gasteiger partial charge on any atom is -0.380 e. The summed E-state index contributed by atoms with van der Waals surface area (Å²) >= 11 is 0. The zero-order valence-corrected chi connectivity index (χ0v) is 20.7. The van der Waals surface area contributed by atoms with Crippen LogP contribution in [0.1, 0.15) is 20.5 Å². The first-order chi connectivity index (χ1) is 17.4. The average Bonchev–Trinajstić information content (AvgIpc) is 3.58. The topological polar surface area (TPSA) is 107 Å². The first kappa shape index (κ1) is 24.2. The number of hydrogen-bond donors (Lipinski definition) is 1. The highest BCUT2D eigenvalue weighted by atomic mass is 32.2. The van der Waals surface area contributed by atoms with Crippen LogP contribution in [0, 0.1) is 12.7 Å². The van der Waals surface area contributed by atoms with E-state index in [1.165, 1.54) is 6.07 Å². The Labute approximate surface area is 211 Å². The predicted octanol–water partition coefficient (Wildman–Crippen LogP) is 4.69. The fourth-order valence-electron chi connectivity index (χ4n) is 4.18. The summed E-state index contributed by atoms with van der Waals surface area (Å²) in [7, 11) is -1.65. The van der Waals surface area contributed by atoms with Crippen LogP contribution in [0.4, 0.5) is 4.39 Å². The number of hydrogen-bond acceptors (Lipinski definition) is 8. The summed E-state index contributed by atoms with van der Waals surface area (Å²) in [6.45, 7) is 3.03. The summed E-state index contributed by atoms with van der Waals surface area (Å²) in [5.41, 5.74) is 3.85. The molecule has 4 aromatic rings. The molecule has 5 rings (SSSR count). The van der Waals surface area contributed by atoms with Gasteiger partial charge in [-0.1, -0.05) is 23.4 Å². The van der Waals surface area contributed by atoms with Gasteiger partial charge in [-0.15, -0.1) is 0 Å². The van der Waals surface area contributed by atoms with Crippen molar-refractivity contribution in [3.05, 3.63) is 71.8 Å². The molecule has 0 bridgehead atoms. The molecule has 8 nitrogen and oxygen atoms in total. The fourth-order valence-corrected chi connectivity index (χ4v) is 5.76. The highest BCUT2D eigenvalue weighted by Gasteiger charge is 2.31. The Balaban J connectivity index is 0.00000200. The van der Waals surface area contributed by atoms with E-state index in [4.69, 9.17) is 9.26 Å². The average molecular weight is 513 g/mol. The molecule has 190 valence electrons. The lowest BCUT2D eigenvalue weighted by atomic mass is 10.1. The maximum atomic E-state index is 14.7. The molecule has 36 heavy (non-hydrogen) atoms. The summed E-state index contributed by atoms with van der Waals surface area (Å²) in [6, 6.07) is 13.2. The van der Waals surface area contributed by atoms with Gasteiger partial charge in [0.15, 0.2) is 15.6 Å². The van der Waals surface area contributed by atoms with Crippen molar-refractivity contribution in [2.75, 3.05) is 20.3 Å². The van der Waals surface area contributed by atoms with E-state index < -0.39 is 20.9 Å². The van der Waals surface area contributed by atoms with Gasteiger partial charge in [0.25, 0.3) is 0 Å². The fraction of sp³-hybridized carbons (Fsp3) is 0.269. The summed E-state index contributed by atoms with van der Waals surface area (Å²) in [5.74, 6) is -0.0330. The third-order valence-corrected chi connectivity index (χ3v) is 8.37. The van der Waals surface area contributed by atoms with Crippen molar-refractivity contribution >= 4 is 9.84 Å². The highest BCUT2D eigenvalue weighted by Crippen LogP contribution is 2.30. The van der Waals surface area contributed by atoms with Crippen LogP contribution < -0.4 is 5.32 Å². The van der Waals surface area contributed by atoms with Crippen LogP contribution >= 0.6 is 0 Å². The number of aryl methyl sites for hydroxylation is 1. The zero-order chi connectivity index (χ0) is 25.3. The summed E-state index contributed by atoms with van der Waals surface area (Å²) in [6.07, 6.45) is 2.12. The van der Waals surface area contributed by atoms with Crippen LogP contribution in [0.3, 0.4) is 0 Å². The molecule has 0 spiro atoms. The van der Waals surface area contributed by atoms with Crippen molar-refractivity contribution in [3.8, 4) is 34.0 Å². The molecular weight excluding hydrogens is 483 g/mol. The molecule has 1 fully saturated rings. The van der Waals surface area contributed by atoms with Crippen molar-refractivity contribution in [2.24, 2.45) is 0 Å². The van der Waals surface area contributed by atoms with E-state index in [0.717, 1.165) is 5.56 Å². The largest absolute Gasteiger partial charge is 0.380 e. The van der Waals surface area contributed by atoms with Crippen LogP contribution in [0.2, 0.25) is 0 Å². The summed E-state index contributed by atoms with van der Waals surface area (Å²) < 4.78 is 51.0. The number of ether oxygens (including phenoxy) is 1. The Morgan fingerprint density at radius 1 is 1.14 bits per heavy atom. The lowest BCUT2D eigenvalue weighted by Gasteiger charge is -2.11. The van der Waals surface area contributed by atoms with Gasteiger partial charge in [-0.3, -0.25) is 4.98 Å². The van der Waals surface area contributed by atoms with Crippen LogP contribution in [0.25, 0.3) is 34.0 Å². The molecule has 2 aromatic carbocycles. The van der Waals surface area contributed by atoms with Crippen molar-refractivity contribution in [2.45, 2.75) is 30.0 Å². The minimum atomic E-state index is -3.45. The van der Waals surface area contributed by atoms with Gasteiger partial charge >= 0.3 is 0 Å². The second-order valence-corrected chi connectivity index (χ2v) is 10.9. The van der Waals surface area contributed by atoms with Gasteiger partial charge in [-0.25, -0.2) is 17.8 Å². The Morgan fingerprint density at radius 3 is 2.64 bits per heavy atom. The van der Waals surface area contributed by atoms with Gasteiger partial charge in [0.05, 0.1) is 34.3 Å². The number of rotatable bonds is 7. The van der Waals surface area contributed by atoms with Crippen molar-refractivity contribution < 1.29 is 24.9 Å². The van der Waals surface area contributed by atoms with E-state index in [2.05, 4.69) is 20.4 Å². The smallest absolute Gasteiger partial charge is 0.187 e. The van der Waals surface area contributed by atoms with Gasteiger partial charge in [0.1, 0.15) is 17.2 Å². The normalized spacial score (nSPS) is 15.9. The second-order valence-electron chi connectivity index (χ2n) is 8.67. The Hall–Kier alpha value is -3.47. The molecule has 1 aliphatic rings. The van der Waals surface area contributed by atoms with Gasteiger partial charge in [-0.2, -0.15) is 0 Å². The molecule has 3 heterocycles. The van der Waals surface area contributed by atoms with Crippen LogP contribution in [-0.4, -0.2) is 49.1 Å². The Morgan fingerprint density at radius 2 is 1.94 bits per heavy atom. The summed E-state index contributed by atoms with van der Waals surface area (Å²) in [5, 5.41) is 6.52. The maximum absolute atomic E-state index is 14.7. The van der Waals surface area contributed by atoms with Gasteiger partial charge in [-0.05, 0) is 50.2 Å². The molecular formula is C26H29FN4O4S. The van der Waals surface area contributed by atoms with E-state index in [0.29, 0.717) is 59.2 Å². The molecule has 1 saturated heterocycles. The number of aromatic nitrogens is 3. The molecule has 2 aromatic heterocycles. The summed E-state index contributed by atoms with van der Waals surface area (Å²) in [4.78, 5) is 9.37. The molecule has 0 aliphatic carbocycles. The third-order valence-electron chi connectivity index (χ3n) is 6.19. The quantitative estimate of drug-likeness (QED) is 0.380. The predicted molar refractivity (Wildman–Crippen MR) is 136 cm³/mol. The number of nitrogens with one attached hydrogen (secondary N) is 1. The third kappa shape index (κ3) is 4.67. The van der Waals surface area contributed by atoms with Gasteiger partial charge in [0, 0.05) is 33.2 Å². The molecule has 0 radical (unpaired) electrons. The van der Waals surface area contributed by atoms with E-state index in [-0.39, 0.29) is 14.4 Å². The highest BCUT2D eigenvalue weighted by molar-refractivity contribution is 7.92. The first-order valence-corrected chi connectivity index (χ1v) is 13.1. The molecule has 1 aliphatic heterocycles. The number of benzene rings is 2. The number of sulfone groups is 1. The second kappa shape index (κ2) is 9.88. The van der Waals surface area contributed by atoms with Gasteiger partial charge < -0.3 is 14.6 Å². The molecule has 0 amide bonds. The van der Waals surface area contributed by atoms with Crippen LogP contribution in [0.5, 0.6) is 0 Å².